The van der Waals surface area contributed by atoms with Gasteiger partial charge in [0.1, 0.15) is 5.82 Å². The van der Waals surface area contributed by atoms with Crippen molar-refractivity contribution in [1.29, 1.82) is 0 Å². The SMILES string of the molecule is CC1CC(C)CN(c2ncccc2/C=C/C(=O)O)C1. The Kier molecular flexibility index (Phi) is 4.20. The minimum atomic E-state index is -0.935. The highest BCUT2D eigenvalue weighted by Gasteiger charge is 2.23. The van der Waals surface area contributed by atoms with Crippen molar-refractivity contribution in [3.05, 3.63) is 30.0 Å². The summed E-state index contributed by atoms with van der Waals surface area (Å²) in [6.07, 6.45) is 5.78. The third-order valence-corrected chi connectivity index (χ3v) is 3.39. The largest absolute Gasteiger partial charge is 0.478 e. The molecule has 2 unspecified atom stereocenters. The van der Waals surface area contributed by atoms with E-state index in [-0.39, 0.29) is 0 Å². The number of aliphatic carboxylic acids is 1. The van der Waals surface area contributed by atoms with E-state index >= 15 is 0 Å². The summed E-state index contributed by atoms with van der Waals surface area (Å²) in [4.78, 5) is 17.3. The number of carboxylic acid groups (broad SMARTS) is 1. The first-order valence-electron chi connectivity index (χ1n) is 6.67. The van der Waals surface area contributed by atoms with Crippen LogP contribution in [0.25, 0.3) is 6.08 Å². The molecule has 1 aliphatic rings. The number of rotatable bonds is 3. The molecule has 0 saturated carbocycles. The standard InChI is InChI=1S/C15H20N2O2/c1-11-8-12(2)10-17(9-11)15-13(4-3-7-16-15)5-6-14(18)19/h3-7,11-12H,8-10H2,1-2H3,(H,18,19)/b6-5+. The molecule has 0 bridgehead atoms. The van der Waals surface area contributed by atoms with Crippen molar-refractivity contribution < 1.29 is 9.90 Å². The summed E-state index contributed by atoms with van der Waals surface area (Å²) in [6, 6.07) is 3.74. The second kappa shape index (κ2) is 5.87. The lowest BCUT2D eigenvalue weighted by Crippen LogP contribution is -2.39. The molecule has 2 atom stereocenters. The van der Waals surface area contributed by atoms with Crippen LogP contribution in [-0.4, -0.2) is 29.1 Å². The van der Waals surface area contributed by atoms with Crippen molar-refractivity contribution in [2.75, 3.05) is 18.0 Å². The maximum atomic E-state index is 10.6. The number of aromatic nitrogens is 1. The smallest absolute Gasteiger partial charge is 0.328 e. The van der Waals surface area contributed by atoms with Gasteiger partial charge in [-0.3, -0.25) is 0 Å². The lowest BCUT2D eigenvalue weighted by atomic mass is 9.91. The Balaban J connectivity index is 2.26. The Morgan fingerprint density at radius 1 is 1.42 bits per heavy atom. The fraction of sp³-hybridized carbons (Fsp3) is 0.467. The van der Waals surface area contributed by atoms with Gasteiger partial charge < -0.3 is 10.0 Å². The molecule has 19 heavy (non-hydrogen) atoms. The molecule has 1 fully saturated rings. The Morgan fingerprint density at radius 3 is 2.74 bits per heavy atom. The lowest BCUT2D eigenvalue weighted by molar-refractivity contribution is -0.131. The van der Waals surface area contributed by atoms with E-state index in [1.165, 1.54) is 6.42 Å². The van der Waals surface area contributed by atoms with Gasteiger partial charge in [0.05, 0.1) is 0 Å². The predicted molar refractivity (Wildman–Crippen MR) is 76.1 cm³/mol. The summed E-state index contributed by atoms with van der Waals surface area (Å²) in [5.41, 5.74) is 0.867. The molecular formula is C15H20N2O2. The molecular weight excluding hydrogens is 240 g/mol. The number of carbonyl (C=O) groups is 1. The molecule has 1 aromatic heterocycles. The molecule has 1 N–H and O–H groups in total. The maximum Gasteiger partial charge on any atom is 0.328 e. The zero-order valence-corrected chi connectivity index (χ0v) is 11.4. The number of hydrogen-bond acceptors (Lipinski definition) is 3. The van der Waals surface area contributed by atoms with Crippen molar-refractivity contribution in [3.8, 4) is 0 Å². The zero-order chi connectivity index (χ0) is 13.8. The van der Waals surface area contributed by atoms with E-state index in [1.807, 2.05) is 12.1 Å². The van der Waals surface area contributed by atoms with Gasteiger partial charge in [-0.2, -0.15) is 0 Å². The Hall–Kier alpha value is -1.84. The molecule has 0 aliphatic carbocycles. The van der Waals surface area contributed by atoms with Gasteiger partial charge in [-0.15, -0.1) is 0 Å². The lowest BCUT2D eigenvalue weighted by Gasteiger charge is -2.36. The minimum Gasteiger partial charge on any atom is -0.478 e. The zero-order valence-electron chi connectivity index (χ0n) is 11.4. The highest BCUT2D eigenvalue weighted by Crippen LogP contribution is 2.27. The van der Waals surface area contributed by atoms with Crippen LogP contribution in [0, 0.1) is 11.8 Å². The van der Waals surface area contributed by atoms with Gasteiger partial charge in [-0.05, 0) is 36.5 Å². The third-order valence-electron chi connectivity index (χ3n) is 3.39. The Labute approximate surface area is 113 Å². The van der Waals surface area contributed by atoms with Crippen LogP contribution in [0.4, 0.5) is 5.82 Å². The van der Waals surface area contributed by atoms with Crippen molar-refractivity contribution in [2.24, 2.45) is 11.8 Å². The number of carboxylic acids is 1. The molecule has 0 radical (unpaired) electrons. The summed E-state index contributed by atoms with van der Waals surface area (Å²) in [5, 5.41) is 8.74. The fourth-order valence-corrected chi connectivity index (χ4v) is 2.80. The molecule has 0 spiro atoms. The summed E-state index contributed by atoms with van der Waals surface area (Å²) in [5.74, 6) is 1.23. The van der Waals surface area contributed by atoms with E-state index in [2.05, 4.69) is 23.7 Å². The van der Waals surface area contributed by atoms with Crippen LogP contribution in [-0.2, 0) is 4.79 Å². The highest BCUT2D eigenvalue weighted by molar-refractivity contribution is 5.86. The molecule has 2 heterocycles. The van der Waals surface area contributed by atoms with Crippen molar-refractivity contribution in [2.45, 2.75) is 20.3 Å². The van der Waals surface area contributed by atoms with Gasteiger partial charge >= 0.3 is 5.97 Å². The fourth-order valence-electron chi connectivity index (χ4n) is 2.80. The van der Waals surface area contributed by atoms with Crippen molar-refractivity contribution in [3.63, 3.8) is 0 Å². The van der Waals surface area contributed by atoms with Gasteiger partial charge in [0.2, 0.25) is 0 Å². The van der Waals surface area contributed by atoms with E-state index in [1.54, 1.807) is 12.3 Å². The van der Waals surface area contributed by atoms with E-state index in [4.69, 9.17) is 5.11 Å². The highest BCUT2D eigenvalue weighted by atomic mass is 16.4. The Bertz CT molecular complexity index is 475. The van der Waals surface area contributed by atoms with Gasteiger partial charge in [-0.25, -0.2) is 9.78 Å². The van der Waals surface area contributed by atoms with Crippen LogP contribution in [0.15, 0.2) is 24.4 Å². The normalized spacial score (nSPS) is 23.8. The summed E-state index contributed by atoms with van der Waals surface area (Å²) in [6.45, 7) is 6.46. The number of piperidine rings is 1. The first kappa shape index (κ1) is 13.6. The van der Waals surface area contributed by atoms with Crippen molar-refractivity contribution in [1.82, 2.24) is 4.98 Å². The van der Waals surface area contributed by atoms with E-state index in [0.717, 1.165) is 30.5 Å². The van der Waals surface area contributed by atoms with Crippen LogP contribution in [0.3, 0.4) is 0 Å². The summed E-state index contributed by atoms with van der Waals surface area (Å²) < 4.78 is 0. The van der Waals surface area contributed by atoms with Gasteiger partial charge in [0, 0.05) is 30.9 Å². The minimum absolute atomic E-state index is 0.641. The van der Waals surface area contributed by atoms with E-state index < -0.39 is 5.97 Å². The van der Waals surface area contributed by atoms with Crippen LogP contribution in [0.1, 0.15) is 25.8 Å². The second-order valence-electron chi connectivity index (χ2n) is 5.44. The number of nitrogens with zero attached hydrogens (tertiary/aromatic N) is 2. The molecule has 4 heteroatoms. The molecule has 1 aliphatic heterocycles. The van der Waals surface area contributed by atoms with Crippen LogP contribution < -0.4 is 4.90 Å². The first-order valence-corrected chi connectivity index (χ1v) is 6.67. The first-order chi connectivity index (χ1) is 9.06. The third kappa shape index (κ3) is 3.56. The quantitative estimate of drug-likeness (QED) is 0.849. The molecule has 2 rings (SSSR count). The average molecular weight is 260 g/mol. The molecule has 1 saturated heterocycles. The molecule has 0 amide bonds. The van der Waals surface area contributed by atoms with Gasteiger partial charge in [0.25, 0.3) is 0 Å². The van der Waals surface area contributed by atoms with Crippen LogP contribution in [0.2, 0.25) is 0 Å². The van der Waals surface area contributed by atoms with Gasteiger partial charge in [-0.1, -0.05) is 13.8 Å². The molecule has 0 aromatic carbocycles. The average Bonchev–Trinajstić information content (AvgIpc) is 2.35. The van der Waals surface area contributed by atoms with Gasteiger partial charge in [0.15, 0.2) is 0 Å². The van der Waals surface area contributed by atoms with Crippen LogP contribution in [0.5, 0.6) is 0 Å². The maximum absolute atomic E-state index is 10.6. The molecule has 1 aromatic rings. The molecule has 102 valence electrons. The number of anilines is 1. The van der Waals surface area contributed by atoms with E-state index in [0.29, 0.717) is 11.8 Å². The number of hydrogen-bond donors (Lipinski definition) is 1. The Morgan fingerprint density at radius 2 is 2.11 bits per heavy atom. The predicted octanol–water partition coefficient (Wildman–Crippen LogP) is 2.66. The number of pyridine rings is 1. The van der Waals surface area contributed by atoms with Crippen LogP contribution >= 0.6 is 0 Å². The second-order valence-corrected chi connectivity index (χ2v) is 5.44. The summed E-state index contributed by atoms with van der Waals surface area (Å²) in [7, 11) is 0. The van der Waals surface area contributed by atoms with Crippen molar-refractivity contribution >= 4 is 17.9 Å². The topological polar surface area (TPSA) is 53.4 Å². The summed E-state index contributed by atoms with van der Waals surface area (Å²) >= 11 is 0. The molecule has 4 nitrogen and oxygen atoms in total. The monoisotopic (exact) mass is 260 g/mol. The van der Waals surface area contributed by atoms with E-state index in [9.17, 15) is 4.79 Å².